The molecular weight excluding hydrogens is 198 g/mol. The molecule has 2 atom stereocenters. The van der Waals surface area contributed by atoms with E-state index in [1.54, 1.807) is 4.90 Å². The van der Waals surface area contributed by atoms with Crippen LogP contribution in [0.3, 0.4) is 0 Å². The number of ether oxygens (including phenoxy) is 1. The van der Waals surface area contributed by atoms with Gasteiger partial charge in [-0.1, -0.05) is 6.92 Å². The van der Waals surface area contributed by atoms with E-state index in [2.05, 4.69) is 0 Å². The zero-order chi connectivity index (χ0) is 11.4. The molecule has 4 N–H and O–H groups in total. The van der Waals surface area contributed by atoms with Crippen molar-refractivity contribution in [2.24, 2.45) is 11.5 Å². The molecule has 0 aromatic carbocycles. The third-order valence-corrected chi connectivity index (χ3v) is 2.61. The first-order chi connectivity index (χ1) is 7.07. The summed E-state index contributed by atoms with van der Waals surface area (Å²) >= 11 is 0. The van der Waals surface area contributed by atoms with Gasteiger partial charge in [-0.05, 0) is 6.42 Å². The number of nitrogens with zero attached hydrogens (tertiary/aromatic N) is 1. The predicted octanol–water partition coefficient (Wildman–Crippen LogP) is -1.56. The Kier molecular flexibility index (Phi) is 4.05. The minimum atomic E-state index is -0.545. The summed E-state index contributed by atoms with van der Waals surface area (Å²) < 4.78 is 5.15. The average Bonchev–Trinajstić information content (AvgIpc) is 2.18. The van der Waals surface area contributed by atoms with E-state index in [4.69, 9.17) is 16.2 Å². The van der Waals surface area contributed by atoms with E-state index in [-0.39, 0.29) is 6.61 Å². The summed E-state index contributed by atoms with van der Waals surface area (Å²) in [6.07, 6.45) is 0.569. The van der Waals surface area contributed by atoms with Crippen molar-refractivity contribution in [1.29, 1.82) is 0 Å². The molecule has 6 nitrogen and oxygen atoms in total. The molecule has 1 aliphatic heterocycles. The van der Waals surface area contributed by atoms with Crippen molar-refractivity contribution in [1.82, 2.24) is 4.90 Å². The molecular formula is C9H17N3O3. The fourth-order valence-corrected chi connectivity index (χ4v) is 1.83. The molecule has 1 heterocycles. The Morgan fingerprint density at radius 2 is 2.20 bits per heavy atom. The molecule has 0 aromatic rings. The quantitative estimate of drug-likeness (QED) is 0.592. The number of carbonyl (C=O) groups is 2. The van der Waals surface area contributed by atoms with E-state index in [9.17, 15) is 9.59 Å². The van der Waals surface area contributed by atoms with Gasteiger partial charge in [0.05, 0.1) is 19.3 Å². The number of rotatable bonds is 4. The van der Waals surface area contributed by atoms with E-state index in [0.29, 0.717) is 19.6 Å². The third-order valence-electron chi connectivity index (χ3n) is 2.61. The van der Waals surface area contributed by atoms with Gasteiger partial charge >= 0.3 is 0 Å². The monoisotopic (exact) mass is 215 g/mol. The number of hydrogen-bond donors (Lipinski definition) is 2. The summed E-state index contributed by atoms with van der Waals surface area (Å²) in [5, 5.41) is 0. The van der Waals surface area contributed by atoms with Crippen LogP contribution < -0.4 is 11.5 Å². The first kappa shape index (κ1) is 11.9. The molecule has 1 saturated heterocycles. The lowest BCUT2D eigenvalue weighted by molar-refractivity contribution is -0.136. The van der Waals surface area contributed by atoms with E-state index in [0.717, 1.165) is 0 Å². The zero-order valence-electron chi connectivity index (χ0n) is 8.81. The SMILES string of the molecule is CCC(C(N)=O)N1CCOCC1C(N)=O. The Bertz CT molecular complexity index is 241. The smallest absolute Gasteiger partial charge is 0.237 e. The molecule has 6 heteroatoms. The van der Waals surface area contributed by atoms with Crippen molar-refractivity contribution >= 4 is 11.8 Å². The second-order valence-corrected chi connectivity index (χ2v) is 3.56. The lowest BCUT2D eigenvalue weighted by Gasteiger charge is -2.37. The number of carbonyl (C=O) groups excluding carboxylic acids is 2. The van der Waals surface area contributed by atoms with Gasteiger partial charge in [-0.15, -0.1) is 0 Å². The van der Waals surface area contributed by atoms with Crippen LogP contribution in [0.5, 0.6) is 0 Å². The van der Waals surface area contributed by atoms with Crippen LogP contribution in [0.2, 0.25) is 0 Å². The fourth-order valence-electron chi connectivity index (χ4n) is 1.83. The van der Waals surface area contributed by atoms with E-state index < -0.39 is 23.9 Å². The van der Waals surface area contributed by atoms with Gasteiger partial charge in [0.25, 0.3) is 0 Å². The molecule has 2 amide bonds. The van der Waals surface area contributed by atoms with Gasteiger partial charge in [0, 0.05) is 6.54 Å². The lowest BCUT2D eigenvalue weighted by Crippen LogP contribution is -2.59. The van der Waals surface area contributed by atoms with Crippen molar-refractivity contribution in [3.63, 3.8) is 0 Å². The maximum absolute atomic E-state index is 11.2. The van der Waals surface area contributed by atoms with Gasteiger partial charge in [-0.2, -0.15) is 0 Å². The Morgan fingerprint density at radius 3 is 2.67 bits per heavy atom. The molecule has 0 aliphatic carbocycles. The Labute approximate surface area is 88.5 Å². The van der Waals surface area contributed by atoms with E-state index in [1.807, 2.05) is 6.92 Å². The van der Waals surface area contributed by atoms with Crippen LogP contribution in [0.15, 0.2) is 0 Å². The van der Waals surface area contributed by atoms with Gasteiger partial charge in [0.1, 0.15) is 6.04 Å². The molecule has 1 rings (SSSR count). The zero-order valence-corrected chi connectivity index (χ0v) is 8.81. The van der Waals surface area contributed by atoms with Crippen LogP contribution in [0.4, 0.5) is 0 Å². The highest BCUT2D eigenvalue weighted by Crippen LogP contribution is 2.13. The Morgan fingerprint density at radius 1 is 1.53 bits per heavy atom. The highest BCUT2D eigenvalue weighted by molar-refractivity contribution is 5.83. The van der Waals surface area contributed by atoms with Crippen LogP contribution in [0.25, 0.3) is 0 Å². The van der Waals surface area contributed by atoms with Crippen LogP contribution in [0, 0.1) is 0 Å². The molecule has 0 bridgehead atoms. The minimum absolute atomic E-state index is 0.235. The number of nitrogens with two attached hydrogens (primary N) is 2. The van der Waals surface area contributed by atoms with E-state index in [1.165, 1.54) is 0 Å². The van der Waals surface area contributed by atoms with Gasteiger partial charge < -0.3 is 16.2 Å². The van der Waals surface area contributed by atoms with Crippen molar-refractivity contribution in [2.45, 2.75) is 25.4 Å². The molecule has 2 unspecified atom stereocenters. The number of amides is 2. The van der Waals surface area contributed by atoms with Crippen LogP contribution >= 0.6 is 0 Å². The van der Waals surface area contributed by atoms with E-state index >= 15 is 0 Å². The summed E-state index contributed by atoms with van der Waals surface area (Å²) in [5.74, 6) is -0.903. The number of morpholine rings is 1. The molecule has 0 aromatic heterocycles. The summed E-state index contributed by atoms with van der Waals surface area (Å²) in [7, 11) is 0. The molecule has 1 fully saturated rings. The third kappa shape index (κ3) is 2.66. The Hall–Kier alpha value is -1.14. The molecule has 0 saturated carbocycles. The normalized spacial score (nSPS) is 24.7. The van der Waals surface area contributed by atoms with Crippen molar-refractivity contribution < 1.29 is 14.3 Å². The van der Waals surface area contributed by atoms with Crippen LogP contribution in [-0.4, -0.2) is 48.6 Å². The Balaban J connectivity index is 2.78. The second-order valence-electron chi connectivity index (χ2n) is 3.56. The largest absolute Gasteiger partial charge is 0.378 e. The van der Waals surface area contributed by atoms with Crippen molar-refractivity contribution in [3.8, 4) is 0 Å². The van der Waals surface area contributed by atoms with Gasteiger partial charge in [0.2, 0.25) is 11.8 Å². The number of primary amides is 2. The first-order valence-electron chi connectivity index (χ1n) is 5.00. The van der Waals surface area contributed by atoms with Gasteiger partial charge in [-0.25, -0.2) is 0 Å². The standard InChI is InChI=1S/C9H17N3O3/c1-2-6(8(10)13)12-3-4-15-5-7(12)9(11)14/h6-7H,2-5H2,1H3,(H2,10,13)(H2,11,14). The number of hydrogen-bond acceptors (Lipinski definition) is 4. The average molecular weight is 215 g/mol. The van der Waals surface area contributed by atoms with Gasteiger partial charge in [-0.3, -0.25) is 14.5 Å². The highest BCUT2D eigenvalue weighted by Gasteiger charge is 2.34. The first-order valence-corrected chi connectivity index (χ1v) is 5.00. The topological polar surface area (TPSA) is 98.7 Å². The maximum atomic E-state index is 11.2. The fraction of sp³-hybridized carbons (Fsp3) is 0.778. The summed E-state index contributed by atoms with van der Waals surface area (Å²) in [5.41, 5.74) is 10.5. The lowest BCUT2D eigenvalue weighted by atomic mass is 10.1. The van der Waals surface area contributed by atoms with Crippen molar-refractivity contribution in [2.75, 3.05) is 19.8 Å². The summed E-state index contributed by atoms with van der Waals surface area (Å²) in [4.78, 5) is 24.1. The minimum Gasteiger partial charge on any atom is -0.378 e. The molecule has 1 aliphatic rings. The second kappa shape index (κ2) is 5.09. The van der Waals surface area contributed by atoms with Crippen molar-refractivity contribution in [3.05, 3.63) is 0 Å². The highest BCUT2D eigenvalue weighted by atomic mass is 16.5. The van der Waals surface area contributed by atoms with Crippen LogP contribution in [0.1, 0.15) is 13.3 Å². The molecule has 0 radical (unpaired) electrons. The predicted molar refractivity (Wildman–Crippen MR) is 53.8 cm³/mol. The summed E-state index contributed by atoms with van der Waals surface area (Å²) in [6.45, 7) is 3.09. The molecule has 86 valence electrons. The summed E-state index contributed by atoms with van der Waals surface area (Å²) in [6, 6.07) is -0.984. The van der Waals surface area contributed by atoms with Crippen LogP contribution in [-0.2, 0) is 14.3 Å². The molecule has 0 spiro atoms. The maximum Gasteiger partial charge on any atom is 0.237 e. The molecule has 15 heavy (non-hydrogen) atoms. The van der Waals surface area contributed by atoms with Gasteiger partial charge in [0.15, 0.2) is 0 Å².